The van der Waals surface area contributed by atoms with E-state index in [0.717, 1.165) is 22.4 Å². The standard InChI is InChI=1S/C23H23BrN2O4/c1-5-15(4)30-20-7-6-16(12-19(20)24)11-18-21(27)25-23(29)26(22(18)28)17-9-13(2)8-14(3)10-17/h6-12,15H,5H2,1-4H3,(H,25,27,29)/b18-11+/t15-/m1/s1. The lowest BCUT2D eigenvalue weighted by Crippen LogP contribution is -2.54. The Morgan fingerprint density at radius 3 is 2.37 bits per heavy atom. The highest BCUT2D eigenvalue weighted by molar-refractivity contribution is 9.10. The molecule has 1 fully saturated rings. The maximum Gasteiger partial charge on any atom is 0.335 e. The molecule has 0 unspecified atom stereocenters. The van der Waals surface area contributed by atoms with Crippen LogP contribution in [0.3, 0.4) is 0 Å². The van der Waals surface area contributed by atoms with Gasteiger partial charge in [0.1, 0.15) is 11.3 Å². The fraction of sp³-hybridized carbons (Fsp3) is 0.261. The highest BCUT2D eigenvalue weighted by Gasteiger charge is 2.37. The van der Waals surface area contributed by atoms with E-state index >= 15 is 0 Å². The van der Waals surface area contributed by atoms with Gasteiger partial charge in [0.2, 0.25) is 0 Å². The molecule has 156 valence electrons. The van der Waals surface area contributed by atoms with Crippen molar-refractivity contribution in [1.82, 2.24) is 5.32 Å². The largest absolute Gasteiger partial charge is 0.490 e. The molecule has 7 heteroatoms. The van der Waals surface area contributed by atoms with Gasteiger partial charge in [0.15, 0.2) is 0 Å². The summed E-state index contributed by atoms with van der Waals surface area (Å²) in [5, 5.41) is 2.25. The van der Waals surface area contributed by atoms with Gasteiger partial charge in [0.25, 0.3) is 11.8 Å². The Labute approximate surface area is 184 Å². The minimum absolute atomic E-state index is 0.0635. The van der Waals surface area contributed by atoms with E-state index in [-0.39, 0.29) is 11.7 Å². The summed E-state index contributed by atoms with van der Waals surface area (Å²) in [6, 6.07) is 9.95. The number of halogens is 1. The number of carbonyl (C=O) groups is 3. The molecule has 0 aliphatic carbocycles. The number of anilines is 1. The summed E-state index contributed by atoms with van der Waals surface area (Å²) in [5.41, 5.74) is 2.76. The lowest BCUT2D eigenvalue weighted by molar-refractivity contribution is -0.122. The lowest BCUT2D eigenvalue weighted by atomic mass is 10.1. The van der Waals surface area contributed by atoms with Crippen LogP contribution in [0, 0.1) is 13.8 Å². The molecule has 0 radical (unpaired) electrons. The highest BCUT2D eigenvalue weighted by atomic mass is 79.9. The van der Waals surface area contributed by atoms with Gasteiger partial charge in [-0.05, 0) is 90.2 Å². The van der Waals surface area contributed by atoms with E-state index in [1.165, 1.54) is 6.08 Å². The van der Waals surface area contributed by atoms with Crippen molar-refractivity contribution in [3.8, 4) is 5.75 Å². The number of barbiturate groups is 1. The van der Waals surface area contributed by atoms with E-state index in [0.29, 0.717) is 21.5 Å². The Hall–Kier alpha value is -2.93. The predicted molar refractivity (Wildman–Crippen MR) is 119 cm³/mol. The summed E-state index contributed by atoms with van der Waals surface area (Å²) >= 11 is 3.47. The summed E-state index contributed by atoms with van der Waals surface area (Å²) in [6.45, 7) is 7.77. The Bertz CT molecular complexity index is 1040. The summed E-state index contributed by atoms with van der Waals surface area (Å²) < 4.78 is 6.54. The van der Waals surface area contributed by atoms with Gasteiger partial charge in [-0.15, -0.1) is 0 Å². The molecular weight excluding hydrogens is 448 g/mol. The van der Waals surface area contributed by atoms with E-state index in [9.17, 15) is 14.4 Å². The summed E-state index contributed by atoms with van der Waals surface area (Å²) in [7, 11) is 0. The van der Waals surface area contributed by atoms with Gasteiger partial charge < -0.3 is 4.74 Å². The summed E-state index contributed by atoms with van der Waals surface area (Å²) in [6.07, 6.45) is 2.40. The third-order valence-electron chi connectivity index (χ3n) is 4.74. The maximum absolute atomic E-state index is 13.0. The zero-order valence-electron chi connectivity index (χ0n) is 17.3. The Kier molecular flexibility index (Phi) is 6.41. The molecule has 1 saturated heterocycles. The monoisotopic (exact) mass is 470 g/mol. The molecule has 1 N–H and O–H groups in total. The van der Waals surface area contributed by atoms with Crippen LogP contribution in [0.2, 0.25) is 0 Å². The number of hydrogen-bond donors (Lipinski definition) is 1. The zero-order chi connectivity index (χ0) is 22.0. The number of urea groups is 1. The molecule has 3 rings (SSSR count). The number of benzene rings is 2. The second kappa shape index (κ2) is 8.83. The van der Waals surface area contributed by atoms with Crippen LogP contribution in [-0.4, -0.2) is 23.9 Å². The van der Waals surface area contributed by atoms with Crippen LogP contribution >= 0.6 is 15.9 Å². The highest BCUT2D eigenvalue weighted by Crippen LogP contribution is 2.29. The van der Waals surface area contributed by atoms with Crippen LogP contribution < -0.4 is 15.0 Å². The van der Waals surface area contributed by atoms with Crippen molar-refractivity contribution >= 4 is 45.5 Å². The van der Waals surface area contributed by atoms with Crippen LogP contribution in [0.4, 0.5) is 10.5 Å². The topological polar surface area (TPSA) is 75.7 Å². The summed E-state index contributed by atoms with van der Waals surface area (Å²) in [4.78, 5) is 38.8. The molecule has 1 atom stereocenters. The van der Waals surface area contributed by atoms with Gasteiger partial charge in [-0.25, -0.2) is 9.69 Å². The number of carbonyl (C=O) groups excluding carboxylic acids is 3. The number of aryl methyl sites for hydroxylation is 2. The van der Waals surface area contributed by atoms with Crippen LogP contribution in [0.5, 0.6) is 5.75 Å². The molecule has 2 aromatic carbocycles. The normalized spacial score (nSPS) is 16.6. The van der Waals surface area contributed by atoms with Crippen molar-refractivity contribution in [3.63, 3.8) is 0 Å². The van der Waals surface area contributed by atoms with Crippen LogP contribution in [0.25, 0.3) is 6.08 Å². The van der Waals surface area contributed by atoms with E-state index in [2.05, 4.69) is 21.2 Å². The fourth-order valence-corrected chi connectivity index (χ4v) is 3.63. The van der Waals surface area contributed by atoms with Gasteiger partial charge >= 0.3 is 6.03 Å². The van der Waals surface area contributed by atoms with E-state index in [1.807, 2.05) is 33.8 Å². The van der Waals surface area contributed by atoms with Crippen molar-refractivity contribution in [3.05, 3.63) is 63.1 Å². The molecule has 0 spiro atoms. The van der Waals surface area contributed by atoms with Gasteiger partial charge in [0, 0.05) is 0 Å². The SMILES string of the molecule is CC[C@@H](C)Oc1ccc(/C=C2\C(=O)NC(=O)N(c3cc(C)cc(C)c3)C2=O)cc1Br. The Morgan fingerprint density at radius 1 is 1.10 bits per heavy atom. The predicted octanol–water partition coefficient (Wildman–Crippen LogP) is 4.91. The smallest absolute Gasteiger partial charge is 0.335 e. The molecule has 1 aliphatic heterocycles. The zero-order valence-corrected chi connectivity index (χ0v) is 18.9. The number of ether oxygens (including phenoxy) is 1. The molecule has 4 amide bonds. The molecule has 1 heterocycles. The van der Waals surface area contributed by atoms with E-state index < -0.39 is 17.8 Å². The minimum Gasteiger partial charge on any atom is -0.490 e. The Morgan fingerprint density at radius 2 is 1.77 bits per heavy atom. The first-order valence-electron chi connectivity index (χ1n) is 9.65. The number of nitrogens with one attached hydrogen (secondary N) is 1. The molecular formula is C23H23BrN2O4. The van der Waals surface area contributed by atoms with Crippen LogP contribution in [-0.2, 0) is 9.59 Å². The lowest BCUT2D eigenvalue weighted by Gasteiger charge is -2.27. The van der Waals surface area contributed by atoms with Gasteiger partial charge in [0.05, 0.1) is 16.3 Å². The molecule has 0 bridgehead atoms. The molecule has 2 aromatic rings. The average molecular weight is 471 g/mol. The van der Waals surface area contributed by atoms with Gasteiger partial charge in [-0.2, -0.15) is 0 Å². The van der Waals surface area contributed by atoms with E-state index in [4.69, 9.17) is 4.74 Å². The van der Waals surface area contributed by atoms with Crippen molar-refractivity contribution < 1.29 is 19.1 Å². The molecule has 6 nitrogen and oxygen atoms in total. The van der Waals surface area contributed by atoms with Crippen LogP contribution in [0.1, 0.15) is 37.0 Å². The van der Waals surface area contributed by atoms with Crippen LogP contribution in [0.15, 0.2) is 46.4 Å². The number of rotatable bonds is 5. The number of hydrogen-bond acceptors (Lipinski definition) is 4. The van der Waals surface area contributed by atoms with Crippen molar-refractivity contribution in [2.75, 3.05) is 4.90 Å². The quantitative estimate of drug-likeness (QED) is 0.497. The van der Waals surface area contributed by atoms with Crippen molar-refractivity contribution in [1.29, 1.82) is 0 Å². The van der Waals surface area contributed by atoms with Gasteiger partial charge in [-0.1, -0.05) is 19.1 Å². The summed E-state index contributed by atoms with van der Waals surface area (Å²) in [5.74, 6) is -0.704. The van der Waals surface area contributed by atoms with Crippen molar-refractivity contribution in [2.24, 2.45) is 0 Å². The number of nitrogens with zero attached hydrogens (tertiary/aromatic N) is 1. The number of imide groups is 2. The first-order valence-corrected chi connectivity index (χ1v) is 10.4. The van der Waals surface area contributed by atoms with Gasteiger partial charge in [-0.3, -0.25) is 14.9 Å². The average Bonchev–Trinajstić information content (AvgIpc) is 2.66. The minimum atomic E-state index is -0.759. The maximum atomic E-state index is 13.0. The molecule has 1 aliphatic rings. The second-order valence-electron chi connectivity index (χ2n) is 7.33. The third-order valence-corrected chi connectivity index (χ3v) is 5.36. The molecule has 0 saturated carbocycles. The second-order valence-corrected chi connectivity index (χ2v) is 8.18. The fourth-order valence-electron chi connectivity index (χ4n) is 3.14. The van der Waals surface area contributed by atoms with Crippen molar-refractivity contribution in [2.45, 2.75) is 40.2 Å². The first kappa shape index (κ1) is 21.8. The molecule has 0 aromatic heterocycles. The molecule has 30 heavy (non-hydrogen) atoms. The first-order chi connectivity index (χ1) is 14.2. The van der Waals surface area contributed by atoms with E-state index in [1.54, 1.807) is 30.3 Å². The number of amides is 4. The Balaban J connectivity index is 1.95. The third kappa shape index (κ3) is 4.62.